The molecule has 1 aromatic heterocycles. The molecule has 1 N–H and O–H groups in total. The van der Waals surface area contributed by atoms with Gasteiger partial charge in [0, 0.05) is 11.6 Å². The van der Waals surface area contributed by atoms with Crippen LogP contribution in [0.5, 0.6) is 5.75 Å². The van der Waals surface area contributed by atoms with Crippen molar-refractivity contribution in [2.75, 3.05) is 6.61 Å². The van der Waals surface area contributed by atoms with Gasteiger partial charge in [-0.3, -0.25) is 4.79 Å². The van der Waals surface area contributed by atoms with Crippen LogP contribution in [-0.4, -0.2) is 33.3 Å². The summed E-state index contributed by atoms with van der Waals surface area (Å²) in [4.78, 5) is 16.3. The normalized spacial score (nSPS) is 11.8. The van der Waals surface area contributed by atoms with Crippen LogP contribution in [0.4, 0.5) is 4.39 Å². The molecule has 3 aromatic rings. The zero-order chi connectivity index (χ0) is 17.6. The number of benzene rings is 2. The Hall–Kier alpha value is -3.22. The lowest BCUT2D eigenvalue weighted by Crippen LogP contribution is -2.36. The highest BCUT2D eigenvalue weighted by Gasteiger charge is 2.11. The number of aromatic nitrogens is 3. The lowest BCUT2D eigenvalue weighted by molar-refractivity contribution is 0.0926. The first kappa shape index (κ1) is 16.6. The van der Waals surface area contributed by atoms with Crippen LogP contribution in [0.2, 0.25) is 0 Å². The van der Waals surface area contributed by atoms with Crippen molar-refractivity contribution >= 4 is 5.91 Å². The van der Waals surface area contributed by atoms with Crippen molar-refractivity contribution in [3.8, 4) is 11.4 Å². The maximum atomic E-state index is 13.1. The fraction of sp³-hybridized carbons (Fsp3) is 0.167. The first-order valence-corrected chi connectivity index (χ1v) is 7.76. The van der Waals surface area contributed by atoms with Crippen molar-refractivity contribution in [3.05, 3.63) is 72.6 Å². The predicted octanol–water partition coefficient (Wildman–Crippen LogP) is 2.60. The Kier molecular flexibility index (Phi) is 5.03. The van der Waals surface area contributed by atoms with E-state index in [1.54, 1.807) is 41.3 Å². The Balaban J connectivity index is 1.59. The van der Waals surface area contributed by atoms with Crippen molar-refractivity contribution in [2.24, 2.45) is 0 Å². The molecule has 7 heteroatoms. The minimum atomic E-state index is -0.362. The van der Waals surface area contributed by atoms with Gasteiger partial charge in [0.05, 0.1) is 11.7 Å². The van der Waals surface area contributed by atoms with Crippen LogP contribution in [0.15, 0.2) is 61.2 Å². The molecule has 0 unspecified atom stereocenters. The van der Waals surface area contributed by atoms with Crippen LogP contribution in [0, 0.1) is 5.82 Å². The molecule has 1 amide bonds. The van der Waals surface area contributed by atoms with E-state index in [9.17, 15) is 9.18 Å². The maximum absolute atomic E-state index is 13.1. The largest absolute Gasteiger partial charge is 0.491 e. The molecule has 0 radical (unpaired) electrons. The molecule has 0 aliphatic heterocycles. The topological polar surface area (TPSA) is 69.0 Å². The minimum absolute atomic E-state index is 0.225. The lowest BCUT2D eigenvalue weighted by Gasteiger charge is -2.15. The molecule has 0 saturated heterocycles. The molecule has 128 valence electrons. The highest BCUT2D eigenvalue weighted by Crippen LogP contribution is 2.12. The van der Waals surface area contributed by atoms with Crippen LogP contribution in [0.3, 0.4) is 0 Å². The first-order chi connectivity index (χ1) is 12.1. The molecule has 0 bridgehead atoms. The Labute approximate surface area is 144 Å². The van der Waals surface area contributed by atoms with Gasteiger partial charge in [-0.15, -0.1) is 0 Å². The van der Waals surface area contributed by atoms with Crippen LogP contribution in [0.25, 0.3) is 5.69 Å². The van der Waals surface area contributed by atoms with Crippen molar-refractivity contribution in [3.63, 3.8) is 0 Å². The summed E-state index contributed by atoms with van der Waals surface area (Å²) >= 11 is 0. The molecule has 0 fully saturated rings. The Morgan fingerprint density at radius 1 is 1.28 bits per heavy atom. The third-order valence-electron chi connectivity index (χ3n) is 3.47. The third-order valence-corrected chi connectivity index (χ3v) is 3.47. The summed E-state index contributed by atoms with van der Waals surface area (Å²) in [5.74, 6) is -0.161. The molecule has 2 aromatic carbocycles. The van der Waals surface area contributed by atoms with Crippen LogP contribution in [-0.2, 0) is 0 Å². The zero-order valence-electron chi connectivity index (χ0n) is 13.6. The van der Waals surface area contributed by atoms with Gasteiger partial charge in [-0.25, -0.2) is 14.1 Å². The summed E-state index contributed by atoms with van der Waals surface area (Å²) in [7, 11) is 0. The molecule has 0 aliphatic rings. The van der Waals surface area contributed by atoms with E-state index in [0.29, 0.717) is 11.3 Å². The van der Waals surface area contributed by atoms with E-state index in [1.165, 1.54) is 18.5 Å². The van der Waals surface area contributed by atoms with Gasteiger partial charge in [0.2, 0.25) is 0 Å². The van der Waals surface area contributed by atoms with Crippen molar-refractivity contribution in [2.45, 2.75) is 13.0 Å². The fourth-order valence-corrected chi connectivity index (χ4v) is 2.26. The van der Waals surface area contributed by atoms with Gasteiger partial charge < -0.3 is 10.1 Å². The van der Waals surface area contributed by atoms with Crippen LogP contribution < -0.4 is 10.1 Å². The summed E-state index contributed by atoms with van der Waals surface area (Å²) in [5.41, 5.74) is 1.25. The molecule has 1 atom stereocenters. The number of nitrogens with one attached hydrogen (secondary N) is 1. The van der Waals surface area contributed by atoms with E-state index in [0.717, 1.165) is 5.69 Å². The number of hydrogen-bond donors (Lipinski definition) is 1. The van der Waals surface area contributed by atoms with Gasteiger partial charge in [0.15, 0.2) is 0 Å². The SMILES string of the molecule is C[C@@H](COc1cccc(F)c1)NC(=O)c1cccc(-n2cncn2)c1. The van der Waals surface area contributed by atoms with E-state index in [2.05, 4.69) is 15.4 Å². The van der Waals surface area contributed by atoms with Crippen molar-refractivity contribution in [1.82, 2.24) is 20.1 Å². The number of nitrogens with zero attached hydrogens (tertiary/aromatic N) is 3. The number of amides is 1. The average molecular weight is 340 g/mol. The van der Waals surface area contributed by atoms with E-state index in [4.69, 9.17) is 4.74 Å². The van der Waals surface area contributed by atoms with E-state index < -0.39 is 0 Å². The second-order valence-electron chi connectivity index (χ2n) is 5.53. The Morgan fingerprint density at radius 3 is 2.88 bits per heavy atom. The molecule has 0 spiro atoms. The van der Waals surface area contributed by atoms with Crippen LogP contribution >= 0.6 is 0 Å². The van der Waals surface area contributed by atoms with Crippen LogP contribution in [0.1, 0.15) is 17.3 Å². The second-order valence-corrected chi connectivity index (χ2v) is 5.53. The summed E-state index contributed by atoms with van der Waals surface area (Å²) in [6, 6.07) is 12.7. The van der Waals surface area contributed by atoms with Gasteiger partial charge in [-0.05, 0) is 37.3 Å². The molecule has 0 aliphatic carbocycles. The number of hydrogen-bond acceptors (Lipinski definition) is 4. The molecule has 0 saturated carbocycles. The van der Waals surface area contributed by atoms with E-state index in [-0.39, 0.29) is 24.4 Å². The summed E-state index contributed by atoms with van der Waals surface area (Å²) < 4.78 is 20.2. The number of halogens is 1. The standard InChI is InChI=1S/C18H17FN4O2/c1-13(10-25-17-7-3-5-15(19)9-17)22-18(24)14-4-2-6-16(8-14)23-12-20-11-21-23/h2-9,11-13H,10H2,1H3,(H,22,24)/t13-/m0/s1. The summed E-state index contributed by atoms with van der Waals surface area (Å²) in [6.07, 6.45) is 2.99. The monoisotopic (exact) mass is 340 g/mol. The van der Waals surface area contributed by atoms with Gasteiger partial charge in [-0.2, -0.15) is 5.10 Å². The fourth-order valence-electron chi connectivity index (χ4n) is 2.26. The van der Waals surface area contributed by atoms with Crippen molar-refractivity contribution in [1.29, 1.82) is 0 Å². The lowest BCUT2D eigenvalue weighted by atomic mass is 10.2. The maximum Gasteiger partial charge on any atom is 0.251 e. The van der Waals surface area contributed by atoms with Gasteiger partial charge in [0.1, 0.15) is 30.8 Å². The van der Waals surface area contributed by atoms with Crippen molar-refractivity contribution < 1.29 is 13.9 Å². The van der Waals surface area contributed by atoms with Gasteiger partial charge in [0.25, 0.3) is 5.91 Å². The smallest absolute Gasteiger partial charge is 0.251 e. The summed E-state index contributed by atoms with van der Waals surface area (Å²) in [5, 5.41) is 6.89. The minimum Gasteiger partial charge on any atom is -0.491 e. The second kappa shape index (κ2) is 7.57. The highest BCUT2D eigenvalue weighted by atomic mass is 19.1. The summed E-state index contributed by atoms with van der Waals surface area (Å²) in [6.45, 7) is 2.05. The number of carbonyl (C=O) groups is 1. The molecule has 6 nitrogen and oxygen atoms in total. The predicted molar refractivity (Wildman–Crippen MR) is 90.2 cm³/mol. The molecule has 3 rings (SSSR count). The zero-order valence-corrected chi connectivity index (χ0v) is 13.6. The molecule has 1 heterocycles. The third kappa shape index (κ3) is 4.41. The molecular formula is C18H17FN4O2. The number of ether oxygens (including phenoxy) is 1. The Morgan fingerprint density at radius 2 is 2.12 bits per heavy atom. The molecular weight excluding hydrogens is 323 g/mol. The van der Waals surface area contributed by atoms with E-state index in [1.807, 2.05) is 13.0 Å². The first-order valence-electron chi connectivity index (χ1n) is 7.76. The molecule has 25 heavy (non-hydrogen) atoms. The average Bonchev–Trinajstić information content (AvgIpc) is 3.15. The van der Waals surface area contributed by atoms with E-state index >= 15 is 0 Å². The van der Waals surface area contributed by atoms with Gasteiger partial charge in [-0.1, -0.05) is 12.1 Å². The number of rotatable bonds is 6. The van der Waals surface area contributed by atoms with Gasteiger partial charge >= 0.3 is 0 Å². The quantitative estimate of drug-likeness (QED) is 0.749. The highest BCUT2D eigenvalue weighted by molar-refractivity contribution is 5.94. The Bertz CT molecular complexity index is 852. The number of carbonyl (C=O) groups excluding carboxylic acids is 1.